The Morgan fingerprint density at radius 1 is 0.836 bits per heavy atom. The van der Waals surface area contributed by atoms with Gasteiger partial charge in [-0.05, 0) is 55.9 Å². The van der Waals surface area contributed by atoms with Gasteiger partial charge in [-0.3, -0.25) is 44.1 Å². The van der Waals surface area contributed by atoms with Crippen LogP contribution < -0.4 is 24.8 Å². The van der Waals surface area contributed by atoms with Crippen molar-refractivity contribution in [3.8, 4) is 23.3 Å². The number of benzene rings is 3. The van der Waals surface area contributed by atoms with Crippen molar-refractivity contribution in [2.45, 2.75) is 57.9 Å². The highest BCUT2D eigenvalue weighted by atomic mass is 35.5. The number of carbonyl (C=O) groups is 5. The number of imide groups is 2. The summed E-state index contributed by atoms with van der Waals surface area (Å²) in [5.41, 5.74) is 3.41. The Balaban J connectivity index is 0.000000272. The number of amides is 5. The highest BCUT2D eigenvalue weighted by Crippen LogP contribution is 2.40. The Kier molecular flexibility index (Phi) is 21.8. The van der Waals surface area contributed by atoms with E-state index in [-0.39, 0.29) is 24.7 Å². The van der Waals surface area contributed by atoms with Crippen molar-refractivity contribution in [3.05, 3.63) is 81.0 Å². The van der Waals surface area contributed by atoms with E-state index in [0.29, 0.717) is 145 Å². The first kappa shape index (κ1) is 56.2. The van der Waals surface area contributed by atoms with E-state index in [0.717, 1.165) is 49.5 Å². The Hall–Kier alpha value is -6.11. The Morgan fingerprint density at radius 2 is 1.58 bits per heavy atom. The number of hydrogen-bond donors (Lipinski definition) is 2. The third-order valence-electron chi connectivity index (χ3n) is 12.3. The van der Waals surface area contributed by atoms with E-state index in [9.17, 15) is 29.2 Å². The highest BCUT2D eigenvalue weighted by molar-refractivity contribution is 6.37. The molecule has 19 nitrogen and oxygen atoms in total. The van der Waals surface area contributed by atoms with Gasteiger partial charge in [0, 0.05) is 83.2 Å². The maximum Gasteiger partial charge on any atom is 0.262 e. The molecule has 2 fully saturated rings. The summed E-state index contributed by atoms with van der Waals surface area (Å²) in [7, 11) is 4.69. The first-order chi connectivity index (χ1) is 35.4. The molecule has 392 valence electrons. The predicted octanol–water partition coefficient (Wildman–Crippen LogP) is 6.60. The number of piperidine rings is 1. The second kappa shape index (κ2) is 28.4. The van der Waals surface area contributed by atoms with Crippen LogP contribution in [-0.4, -0.2) is 162 Å². The number of aromatic nitrogens is 1. The number of piperazine rings is 1. The fraction of sp³-hybridized carbons (Fsp3) is 0.481. The number of anilines is 2. The van der Waals surface area contributed by atoms with Gasteiger partial charge in [-0.15, -0.1) is 0 Å². The molecule has 4 aromatic rings. The molecule has 3 aliphatic rings. The van der Waals surface area contributed by atoms with Crippen LogP contribution in [0.1, 0.15) is 77.3 Å². The topological polar surface area (TPSA) is 220 Å². The highest BCUT2D eigenvalue weighted by Gasteiger charge is 2.45. The van der Waals surface area contributed by atoms with Crippen molar-refractivity contribution < 1.29 is 57.1 Å². The van der Waals surface area contributed by atoms with Crippen LogP contribution in [0.25, 0.3) is 10.9 Å². The number of pyridine rings is 1. The third-order valence-corrected chi connectivity index (χ3v) is 12.9. The summed E-state index contributed by atoms with van der Waals surface area (Å²) in [5.74, 6) is -0.306. The molecular formula is C52H63Cl2N7O12. The molecule has 1 aromatic heterocycles. The molecule has 7 rings (SSSR count). The summed E-state index contributed by atoms with van der Waals surface area (Å²) in [6.07, 6.45) is 5.21. The maximum absolute atomic E-state index is 12.9. The number of nitrogens with one attached hydrogen (secondary N) is 2. The monoisotopic (exact) mass is 1050 g/mol. The Morgan fingerprint density at radius 3 is 2.29 bits per heavy atom. The molecule has 21 heteroatoms. The molecular weight excluding hydrogens is 986 g/mol. The van der Waals surface area contributed by atoms with E-state index >= 15 is 0 Å². The van der Waals surface area contributed by atoms with Gasteiger partial charge in [0.2, 0.25) is 17.7 Å². The molecule has 1 atom stereocenters. The average molecular weight is 1050 g/mol. The standard InChI is InChI=1S/C33H41Cl2N5O6.C19H22N2O6/c1-4-12-44-15-16-45-14-6-32(41)40-10-8-39(9-11-40)7-5-13-46-31-19-27-24(17-30(31)43-3)33(23(21-36)22-37-27)38-28-20-29(42-2)26(35)18-25(28)34;1-26-10-11-27-9-3-5-12-4-2-6-13-16(12)19(25)21(18(13)24)14-7-8-15(22)20-17(14)23/h17-20,22H,4-16H2,1-3H3,(H,37,38);2,4,6,14H,3,5,7-11H2,1H3,(H,20,22,23). The van der Waals surface area contributed by atoms with Crippen LogP contribution in [0.15, 0.2) is 48.7 Å². The number of ether oxygens (including phenoxy) is 7. The van der Waals surface area contributed by atoms with E-state index < -0.39 is 23.8 Å². The first-order valence-corrected chi connectivity index (χ1v) is 25.1. The quantitative estimate of drug-likeness (QED) is 0.0527. The largest absolute Gasteiger partial charge is 0.495 e. The molecule has 3 aromatic carbocycles. The van der Waals surface area contributed by atoms with E-state index in [1.165, 1.54) is 13.3 Å². The molecule has 0 radical (unpaired) electrons. The Bertz CT molecular complexity index is 2620. The van der Waals surface area contributed by atoms with E-state index in [1.807, 2.05) is 11.0 Å². The number of nitrogens with zero attached hydrogens (tertiary/aromatic N) is 5. The fourth-order valence-electron chi connectivity index (χ4n) is 8.49. The zero-order valence-electron chi connectivity index (χ0n) is 41.7. The van der Waals surface area contributed by atoms with Crippen molar-refractivity contribution in [2.75, 3.05) is 112 Å². The van der Waals surface area contributed by atoms with Crippen molar-refractivity contribution in [2.24, 2.45) is 0 Å². The predicted molar refractivity (Wildman–Crippen MR) is 273 cm³/mol. The lowest BCUT2D eigenvalue weighted by atomic mass is 9.99. The van der Waals surface area contributed by atoms with Crippen LogP contribution >= 0.6 is 23.2 Å². The lowest BCUT2D eigenvalue weighted by Crippen LogP contribution is -2.54. The minimum atomic E-state index is -0.944. The minimum Gasteiger partial charge on any atom is -0.495 e. The number of carbonyl (C=O) groups excluding carboxylic acids is 5. The number of nitriles is 1. The molecule has 0 saturated carbocycles. The van der Waals surface area contributed by atoms with Crippen LogP contribution in [0, 0.1) is 11.3 Å². The van der Waals surface area contributed by atoms with Crippen molar-refractivity contribution in [1.82, 2.24) is 25.0 Å². The van der Waals surface area contributed by atoms with Gasteiger partial charge in [0.1, 0.15) is 17.9 Å². The van der Waals surface area contributed by atoms with Crippen molar-refractivity contribution in [3.63, 3.8) is 0 Å². The number of methoxy groups -OCH3 is 3. The fourth-order valence-corrected chi connectivity index (χ4v) is 8.99. The molecule has 0 spiro atoms. The number of fused-ring (bicyclic) bond motifs is 2. The lowest BCUT2D eigenvalue weighted by Gasteiger charge is -2.34. The summed E-state index contributed by atoms with van der Waals surface area (Å²) in [6.45, 7) is 10.2. The lowest BCUT2D eigenvalue weighted by molar-refractivity contribution is -0.136. The number of rotatable bonds is 25. The zero-order chi connectivity index (χ0) is 52.3. The van der Waals surface area contributed by atoms with E-state index in [4.69, 9.17) is 56.4 Å². The smallest absolute Gasteiger partial charge is 0.262 e. The summed E-state index contributed by atoms with van der Waals surface area (Å²) < 4.78 is 38.4. The van der Waals surface area contributed by atoms with Gasteiger partial charge >= 0.3 is 0 Å². The summed E-state index contributed by atoms with van der Waals surface area (Å²) in [5, 5.41) is 16.7. The van der Waals surface area contributed by atoms with Gasteiger partial charge in [-0.1, -0.05) is 42.3 Å². The van der Waals surface area contributed by atoms with Crippen molar-refractivity contribution in [1.29, 1.82) is 5.26 Å². The van der Waals surface area contributed by atoms with E-state index in [2.05, 4.69) is 33.5 Å². The van der Waals surface area contributed by atoms with Gasteiger partial charge in [0.15, 0.2) is 11.5 Å². The van der Waals surface area contributed by atoms with Crippen LogP contribution in [0.3, 0.4) is 0 Å². The van der Waals surface area contributed by atoms with Gasteiger partial charge in [-0.25, -0.2) is 0 Å². The van der Waals surface area contributed by atoms with Gasteiger partial charge in [0.25, 0.3) is 11.8 Å². The number of hydrogen-bond acceptors (Lipinski definition) is 16. The molecule has 3 aliphatic heterocycles. The average Bonchev–Trinajstić information content (AvgIpc) is 3.65. The summed E-state index contributed by atoms with van der Waals surface area (Å²) in [6, 6.07) is 13.2. The second-order valence-corrected chi connectivity index (χ2v) is 18.0. The second-order valence-electron chi connectivity index (χ2n) is 17.2. The minimum absolute atomic E-state index is 0.107. The van der Waals surface area contributed by atoms with Crippen LogP contribution in [0.2, 0.25) is 10.0 Å². The molecule has 0 aliphatic carbocycles. The molecule has 73 heavy (non-hydrogen) atoms. The van der Waals surface area contributed by atoms with Crippen LogP contribution in [0.5, 0.6) is 17.2 Å². The van der Waals surface area contributed by atoms with E-state index in [1.54, 1.807) is 50.6 Å². The summed E-state index contributed by atoms with van der Waals surface area (Å²) >= 11 is 12.7. The molecule has 2 saturated heterocycles. The molecule has 4 heterocycles. The SMILES string of the molecule is CCCOCCOCCC(=O)N1CCN(CCCOc2cc3ncc(C#N)c(Nc4cc(OC)c(Cl)cc4Cl)c3cc2OC)CC1.COCCOCCCc1cccc2c1C(=O)N(C1CCC(=O)NC1=O)C2=O. The molecule has 5 amide bonds. The number of halogens is 2. The summed E-state index contributed by atoms with van der Waals surface area (Å²) in [4.78, 5) is 71.4. The van der Waals surface area contributed by atoms with Crippen molar-refractivity contribution >= 4 is 75.0 Å². The Labute approximate surface area is 435 Å². The van der Waals surface area contributed by atoms with Crippen LogP contribution in [-0.2, 0) is 39.8 Å². The van der Waals surface area contributed by atoms with Gasteiger partial charge < -0.3 is 43.4 Å². The van der Waals surface area contributed by atoms with Gasteiger partial charge in [0.05, 0.1) is 104 Å². The van der Waals surface area contributed by atoms with Crippen LogP contribution in [0.4, 0.5) is 11.4 Å². The van der Waals surface area contributed by atoms with Gasteiger partial charge in [-0.2, -0.15) is 5.26 Å². The zero-order valence-corrected chi connectivity index (χ0v) is 43.2. The molecule has 0 bridgehead atoms. The normalized spacial score (nSPS) is 15.7. The maximum atomic E-state index is 12.9. The third kappa shape index (κ3) is 15.0. The molecule has 1 unspecified atom stereocenters. The first-order valence-electron chi connectivity index (χ1n) is 24.3. The number of aryl methyl sites for hydroxylation is 1. The molecule has 2 N–H and O–H groups in total.